The number of hydrogen-bond donors (Lipinski definition) is 1. The van der Waals surface area contributed by atoms with Gasteiger partial charge in [0.2, 0.25) is 0 Å². The fraction of sp³-hybridized carbons (Fsp3) is 0.312. The highest BCUT2D eigenvalue weighted by Crippen LogP contribution is 2.38. The number of aryl methyl sites for hydroxylation is 1. The van der Waals surface area contributed by atoms with E-state index in [1.54, 1.807) is 6.07 Å². The van der Waals surface area contributed by atoms with Crippen LogP contribution in [0.2, 0.25) is 0 Å². The van der Waals surface area contributed by atoms with Gasteiger partial charge in [-0.3, -0.25) is 0 Å². The van der Waals surface area contributed by atoms with Gasteiger partial charge in [0, 0.05) is 10.8 Å². The molecular formula is C16H18O4. The molecule has 2 rings (SSSR count). The van der Waals surface area contributed by atoms with E-state index in [0.29, 0.717) is 24.7 Å². The van der Waals surface area contributed by atoms with Crippen LogP contribution in [0.15, 0.2) is 24.3 Å². The molecule has 0 bridgehead atoms. The van der Waals surface area contributed by atoms with Crippen LogP contribution in [-0.2, 0) is 0 Å². The minimum absolute atomic E-state index is 0.133. The second-order valence-electron chi connectivity index (χ2n) is 4.42. The molecule has 0 aromatic heterocycles. The molecule has 0 unspecified atom stereocenters. The van der Waals surface area contributed by atoms with Crippen LogP contribution in [0.25, 0.3) is 10.8 Å². The van der Waals surface area contributed by atoms with Crippen molar-refractivity contribution in [2.45, 2.75) is 20.8 Å². The van der Waals surface area contributed by atoms with E-state index in [1.165, 1.54) is 0 Å². The number of rotatable bonds is 5. The summed E-state index contributed by atoms with van der Waals surface area (Å²) in [5.41, 5.74) is 1.16. The van der Waals surface area contributed by atoms with Crippen molar-refractivity contribution in [3.05, 3.63) is 35.4 Å². The average Bonchev–Trinajstić information content (AvgIpc) is 2.41. The van der Waals surface area contributed by atoms with Gasteiger partial charge in [-0.25, -0.2) is 4.79 Å². The minimum Gasteiger partial charge on any atom is -0.493 e. The first-order valence-electron chi connectivity index (χ1n) is 6.65. The Morgan fingerprint density at radius 2 is 1.90 bits per heavy atom. The molecule has 0 aliphatic rings. The van der Waals surface area contributed by atoms with E-state index >= 15 is 0 Å². The summed E-state index contributed by atoms with van der Waals surface area (Å²) < 4.78 is 11.2. The SMILES string of the molecule is CCOc1c(C(=O)O)cc(OCC)c2c(C)cccc12. The molecule has 1 N–H and O–H groups in total. The van der Waals surface area contributed by atoms with Crippen molar-refractivity contribution in [3.8, 4) is 11.5 Å². The molecule has 2 aromatic rings. The zero-order valence-electron chi connectivity index (χ0n) is 11.9. The second kappa shape index (κ2) is 5.82. The molecule has 0 saturated carbocycles. The predicted octanol–water partition coefficient (Wildman–Crippen LogP) is 3.64. The first-order chi connectivity index (χ1) is 9.60. The summed E-state index contributed by atoms with van der Waals surface area (Å²) in [6, 6.07) is 7.27. The van der Waals surface area contributed by atoms with E-state index in [4.69, 9.17) is 9.47 Å². The fourth-order valence-corrected chi connectivity index (χ4v) is 2.33. The maximum absolute atomic E-state index is 11.4. The van der Waals surface area contributed by atoms with E-state index in [-0.39, 0.29) is 5.56 Å². The zero-order chi connectivity index (χ0) is 14.7. The maximum Gasteiger partial charge on any atom is 0.339 e. The lowest BCUT2D eigenvalue weighted by Gasteiger charge is -2.16. The smallest absolute Gasteiger partial charge is 0.339 e. The number of benzene rings is 2. The van der Waals surface area contributed by atoms with Crippen molar-refractivity contribution >= 4 is 16.7 Å². The lowest BCUT2D eigenvalue weighted by atomic mass is 10.00. The van der Waals surface area contributed by atoms with E-state index in [2.05, 4.69) is 0 Å². The standard InChI is InChI=1S/C16H18O4/c1-4-19-13-9-12(16(17)18)15(20-5-2)11-8-6-7-10(3)14(11)13/h6-9H,4-5H2,1-3H3,(H,17,18). The molecular weight excluding hydrogens is 256 g/mol. The molecule has 0 aliphatic heterocycles. The van der Waals surface area contributed by atoms with Crippen molar-refractivity contribution in [1.29, 1.82) is 0 Å². The topological polar surface area (TPSA) is 55.8 Å². The lowest BCUT2D eigenvalue weighted by Crippen LogP contribution is -2.05. The van der Waals surface area contributed by atoms with Crippen LogP contribution >= 0.6 is 0 Å². The van der Waals surface area contributed by atoms with Gasteiger partial charge in [0.15, 0.2) is 0 Å². The van der Waals surface area contributed by atoms with E-state index in [0.717, 1.165) is 16.3 Å². The highest BCUT2D eigenvalue weighted by molar-refractivity contribution is 6.04. The fourth-order valence-electron chi connectivity index (χ4n) is 2.33. The van der Waals surface area contributed by atoms with Gasteiger partial charge in [-0.05, 0) is 32.4 Å². The molecule has 0 saturated heterocycles. The third-order valence-corrected chi connectivity index (χ3v) is 3.10. The molecule has 4 heteroatoms. The monoisotopic (exact) mass is 274 g/mol. The first kappa shape index (κ1) is 14.2. The Labute approximate surface area is 117 Å². The second-order valence-corrected chi connectivity index (χ2v) is 4.42. The van der Waals surface area contributed by atoms with Gasteiger partial charge >= 0.3 is 5.97 Å². The van der Waals surface area contributed by atoms with Crippen LogP contribution in [0.4, 0.5) is 0 Å². The molecule has 106 valence electrons. The third kappa shape index (κ3) is 2.41. The quantitative estimate of drug-likeness (QED) is 0.904. The Hall–Kier alpha value is -2.23. The molecule has 0 amide bonds. The summed E-state index contributed by atoms with van der Waals surface area (Å²) in [4.78, 5) is 11.4. The summed E-state index contributed by atoms with van der Waals surface area (Å²) in [5.74, 6) is -0.0265. The first-order valence-corrected chi connectivity index (χ1v) is 6.65. The van der Waals surface area contributed by atoms with Crippen LogP contribution in [0.1, 0.15) is 29.8 Å². The molecule has 4 nitrogen and oxygen atoms in total. The average molecular weight is 274 g/mol. The number of carbonyl (C=O) groups is 1. The van der Waals surface area contributed by atoms with Crippen LogP contribution in [0.5, 0.6) is 11.5 Å². The number of ether oxygens (including phenoxy) is 2. The normalized spacial score (nSPS) is 10.6. The highest BCUT2D eigenvalue weighted by atomic mass is 16.5. The lowest BCUT2D eigenvalue weighted by molar-refractivity contribution is 0.0692. The number of carboxylic acid groups (broad SMARTS) is 1. The number of carboxylic acids is 1. The summed E-state index contributed by atoms with van der Waals surface area (Å²) in [7, 11) is 0. The van der Waals surface area contributed by atoms with Crippen molar-refractivity contribution in [3.63, 3.8) is 0 Å². The Morgan fingerprint density at radius 3 is 2.50 bits per heavy atom. The Morgan fingerprint density at radius 1 is 1.20 bits per heavy atom. The summed E-state index contributed by atoms with van der Waals surface area (Å²) >= 11 is 0. The van der Waals surface area contributed by atoms with Crippen molar-refractivity contribution in [2.75, 3.05) is 13.2 Å². The number of fused-ring (bicyclic) bond motifs is 1. The van der Waals surface area contributed by atoms with Gasteiger partial charge < -0.3 is 14.6 Å². The summed E-state index contributed by atoms with van der Waals surface area (Å²) in [6.07, 6.45) is 0. The predicted molar refractivity (Wildman–Crippen MR) is 78.0 cm³/mol. The van der Waals surface area contributed by atoms with Crippen LogP contribution in [-0.4, -0.2) is 24.3 Å². The Kier molecular flexibility index (Phi) is 4.13. The molecule has 0 spiro atoms. The molecule has 0 atom stereocenters. The van der Waals surface area contributed by atoms with E-state index in [1.807, 2.05) is 39.0 Å². The molecule has 0 radical (unpaired) electrons. The molecule has 2 aromatic carbocycles. The van der Waals surface area contributed by atoms with Gasteiger partial charge in [-0.1, -0.05) is 18.2 Å². The largest absolute Gasteiger partial charge is 0.493 e. The van der Waals surface area contributed by atoms with Gasteiger partial charge in [0.1, 0.15) is 17.1 Å². The van der Waals surface area contributed by atoms with Crippen LogP contribution in [0, 0.1) is 6.92 Å². The van der Waals surface area contributed by atoms with Gasteiger partial charge in [-0.2, -0.15) is 0 Å². The van der Waals surface area contributed by atoms with Crippen molar-refractivity contribution in [1.82, 2.24) is 0 Å². The number of aromatic carboxylic acids is 1. The highest BCUT2D eigenvalue weighted by Gasteiger charge is 2.19. The molecule has 0 fully saturated rings. The summed E-state index contributed by atoms with van der Waals surface area (Å²) in [5, 5.41) is 11.1. The Balaban J connectivity index is 2.86. The van der Waals surface area contributed by atoms with Gasteiger partial charge in [0.25, 0.3) is 0 Å². The minimum atomic E-state index is -1.02. The van der Waals surface area contributed by atoms with Crippen LogP contribution in [0.3, 0.4) is 0 Å². The molecule has 0 aliphatic carbocycles. The van der Waals surface area contributed by atoms with E-state index < -0.39 is 5.97 Å². The van der Waals surface area contributed by atoms with Gasteiger partial charge in [0.05, 0.1) is 13.2 Å². The molecule has 0 heterocycles. The van der Waals surface area contributed by atoms with Gasteiger partial charge in [-0.15, -0.1) is 0 Å². The molecule has 20 heavy (non-hydrogen) atoms. The third-order valence-electron chi connectivity index (χ3n) is 3.10. The van der Waals surface area contributed by atoms with Crippen molar-refractivity contribution < 1.29 is 19.4 Å². The van der Waals surface area contributed by atoms with E-state index in [9.17, 15) is 9.90 Å². The summed E-state index contributed by atoms with van der Waals surface area (Å²) in [6.45, 7) is 6.58. The van der Waals surface area contributed by atoms with Crippen LogP contribution < -0.4 is 9.47 Å². The maximum atomic E-state index is 11.4. The van der Waals surface area contributed by atoms with Crippen molar-refractivity contribution in [2.24, 2.45) is 0 Å². The zero-order valence-corrected chi connectivity index (χ0v) is 11.9. The number of hydrogen-bond acceptors (Lipinski definition) is 3. The Bertz CT molecular complexity index is 646.